The van der Waals surface area contributed by atoms with Crippen LogP contribution < -0.4 is 5.48 Å². The zero-order valence-electron chi connectivity index (χ0n) is 16.3. The minimum atomic E-state index is -3.77. The van der Waals surface area contributed by atoms with Gasteiger partial charge < -0.3 is 9.30 Å². The molecule has 1 N–H and O–H groups in total. The number of sulfone groups is 1. The first-order valence-electron chi connectivity index (χ1n) is 9.33. The van der Waals surface area contributed by atoms with Gasteiger partial charge in [-0.3, -0.25) is 4.79 Å². The van der Waals surface area contributed by atoms with Gasteiger partial charge in [0.25, 0.3) is 5.91 Å². The van der Waals surface area contributed by atoms with Crippen molar-refractivity contribution in [3.8, 4) is 0 Å². The molecule has 2 heterocycles. The fraction of sp³-hybridized carbons (Fsp3) is 0.526. The van der Waals surface area contributed by atoms with Gasteiger partial charge in [0.05, 0.1) is 9.99 Å². The van der Waals surface area contributed by atoms with Gasteiger partial charge in [-0.05, 0) is 60.3 Å². The molecule has 10 heteroatoms. The van der Waals surface area contributed by atoms with Crippen LogP contribution >= 0.6 is 15.9 Å². The number of hydrogen-bond acceptors (Lipinski definition) is 5. The number of fused-ring (bicyclic) bond motifs is 1. The maximum Gasteiger partial charge on any atom is 0.264 e. The van der Waals surface area contributed by atoms with E-state index in [9.17, 15) is 17.6 Å². The maximum absolute atomic E-state index is 13.9. The van der Waals surface area contributed by atoms with Gasteiger partial charge in [0.2, 0.25) is 0 Å². The van der Waals surface area contributed by atoms with E-state index in [1.807, 2.05) is 0 Å². The Morgan fingerprint density at radius 3 is 2.86 bits per heavy atom. The molecule has 160 valence electrons. The summed E-state index contributed by atoms with van der Waals surface area (Å²) >= 11 is 3.15. The van der Waals surface area contributed by atoms with Crippen LogP contribution in [0.15, 0.2) is 28.9 Å². The van der Waals surface area contributed by atoms with Crippen LogP contribution in [0.25, 0.3) is 10.9 Å². The molecule has 1 aromatic heterocycles. The molecule has 1 aromatic carbocycles. The molecule has 1 aliphatic rings. The largest absolute Gasteiger partial charge is 0.350 e. The summed E-state index contributed by atoms with van der Waals surface area (Å²) in [6.07, 6.45) is 4.65. The van der Waals surface area contributed by atoms with Gasteiger partial charge >= 0.3 is 0 Å². The molecule has 29 heavy (non-hydrogen) atoms. The number of halogens is 2. The van der Waals surface area contributed by atoms with Crippen molar-refractivity contribution in [2.45, 2.75) is 50.2 Å². The first-order chi connectivity index (χ1) is 13.6. The summed E-state index contributed by atoms with van der Waals surface area (Å²) in [7, 11) is -3.77. The van der Waals surface area contributed by atoms with Crippen LogP contribution in [0.3, 0.4) is 0 Å². The van der Waals surface area contributed by atoms with Gasteiger partial charge in [-0.2, -0.15) is 0 Å². The van der Waals surface area contributed by atoms with Crippen molar-refractivity contribution in [2.24, 2.45) is 0 Å². The lowest BCUT2D eigenvalue weighted by atomic mass is 10.1. The van der Waals surface area contributed by atoms with Crippen molar-refractivity contribution >= 4 is 42.6 Å². The second kappa shape index (κ2) is 8.71. The van der Waals surface area contributed by atoms with E-state index in [0.29, 0.717) is 23.0 Å². The van der Waals surface area contributed by atoms with Crippen molar-refractivity contribution in [1.29, 1.82) is 0 Å². The van der Waals surface area contributed by atoms with Crippen LogP contribution in [0, 0.1) is 5.82 Å². The number of ether oxygens (including phenoxy) is 1. The lowest BCUT2D eigenvalue weighted by Crippen LogP contribution is -2.51. The van der Waals surface area contributed by atoms with Crippen molar-refractivity contribution in [3.63, 3.8) is 0 Å². The average molecular weight is 491 g/mol. The van der Waals surface area contributed by atoms with E-state index in [1.165, 1.54) is 13.0 Å². The minimum absolute atomic E-state index is 0.00594. The Morgan fingerprint density at radius 2 is 2.21 bits per heavy atom. The molecule has 2 atom stereocenters. The fourth-order valence-corrected chi connectivity index (χ4v) is 4.41. The highest BCUT2D eigenvalue weighted by Gasteiger charge is 2.44. The van der Waals surface area contributed by atoms with E-state index in [4.69, 9.17) is 9.57 Å². The number of hydrogen-bond donors (Lipinski definition) is 1. The van der Waals surface area contributed by atoms with Crippen LogP contribution in [-0.2, 0) is 30.8 Å². The molecule has 7 nitrogen and oxygen atoms in total. The quantitative estimate of drug-likeness (QED) is 0.601. The number of aryl methyl sites for hydroxylation is 1. The molecule has 1 aliphatic heterocycles. The Kier molecular flexibility index (Phi) is 6.67. The summed E-state index contributed by atoms with van der Waals surface area (Å²) in [5.41, 5.74) is 2.88. The SMILES string of the molecule is C[C@@](CCn1ccc2cc(Br)c(F)cc21)(C(=O)NOC1CCCCO1)S(C)(=O)=O. The molecule has 1 saturated heterocycles. The molecule has 3 rings (SSSR count). The van der Waals surface area contributed by atoms with Gasteiger partial charge in [0, 0.05) is 37.4 Å². The predicted molar refractivity (Wildman–Crippen MR) is 110 cm³/mol. The van der Waals surface area contributed by atoms with E-state index in [1.54, 1.807) is 22.9 Å². The molecule has 1 fully saturated rings. The number of amides is 1. The van der Waals surface area contributed by atoms with Gasteiger partial charge in [-0.25, -0.2) is 23.1 Å². The number of rotatable bonds is 7. The normalized spacial score (nSPS) is 19.8. The minimum Gasteiger partial charge on any atom is -0.350 e. The third kappa shape index (κ3) is 4.82. The van der Waals surface area contributed by atoms with Crippen molar-refractivity contribution in [1.82, 2.24) is 10.0 Å². The highest BCUT2D eigenvalue weighted by Crippen LogP contribution is 2.27. The first-order valence-corrected chi connectivity index (χ1v) is 12.0. The monoisotopic (exact) mass is 490 g/mol. The number of nitrogens with one attached hydrogen (secondary N) is 1. The van der Waals surface area contributed by atoms with E-state index < -0.39 is 32.6 Å². The van der Waals surface area contributed by atoms with Gasteiger partial charge in [0.1, 0.15) is 5.82 Å². The second-order valence-electron chi connectivity index (χ2n) is 7.43. The lowest BCUT2D eigenvalue weighted by Gasteiger charge is -2.28. The van der Waals surface area contributed by atoms with E-state index >= 15 is 0 Å². The molecule has 0 spiro atoms. The number of benzene rings is 1. The zero-order chi connectivity index (χ0) is 21.2. The number of carbonyl (C=O) groups excluding carboxylic acids is 1. The Balaban J connectivity index is 1.75. The van der Waals surface area contributed by atoms with Gasteiger partial charge in [-0.15, -0.1) is 0 Å². The third-order valence-corrected chi connectivity index (χ3v) is 8.00. The highest BCUT2D eigenvalue weighted by atomic mass is 79.9. The van der Waals surface area contributed by atoms with Gasteiger partial charge in [-0.1, -0.05) is 0 Å². The summed E-state index contributed by atoms with van der Waals surface area (Å²) in [4.78, 5) is 18.0. The summed E-state index contributed by atoms with van der Waals surface area (Å²) < 4.78 is 44.6. The molecular formula is C19H24BrFN2O5S. The van der Waals surface area contributed by atoms with Crippen molar-refractivity contribution < 1.29 is 27.2 Å². The van der Waals surface area contributed by atoms with Crippen molar-refractivity contribution in [3.05, 3.63) is 34.7 Å². The van der Waals surface area contributed by atoms with Crippen LogP contribution in [0.1, 0.15) is 32.6 Å². The molecule has 1 unspecified atom stereocenters. The second-order valence-corrected chi connectivity index (χ2v) is 10.7. The van der Waals surface area contributed by atoms with Crippen LogP contribution in [0.5, 0.6) is 0 Å². The Hall–Kier alpha value is -1.49. The first kappa shape index (κ1) is 22.2. The van der Waals surface area contributed by atoms with Crippen LogP contribution in [-0.4, -0.2) is 42.8 Å². The standard InChI is InChI=1S/C19H24BrFN2O5S/c1-19(29(2,25)26,18(24)22-28-17-5-3-4-10-27-17)7-9-23-8-6-13-11-14(20)15(21)12-16(13)23/h6,8,11-12,17H,3-5,7,9-10H2,1-2H3,(H,22,24)/t17?,19-/m1/s1. The highest BCUT2D eigenvalue weighted by molar-refractivity contribution is 9.10. The molecule has 0 aliphatic carbocycles. The van der Waals surface area contributed by atoms with Crippen LogP contribution in [0.2, 0.25) is 0 Å². The molecular weight excluding hydrogens is 467 g/mol. The van der Waals surface area contributed by atoms with Gasteiger partial charge in [0.15, 0.2) is 20.9 Å². The molecule has 0 bridgehead atoms. The van der Waals surface area contributed by atoms with E-state index in [-0.39, 0.29) is 13.0 Å². The fourth-order valence-electron chi connectivity index (χ4n) is 3.21. The summed E-state index contributed by atoms with van der Waals surface area (Å²) in [6, 6.07) is 4.84. The predicted octanol–water partition coefficient (Wildman–Crippen LogP) is 3.31. The van der Waals surface area contributed by atoms with Crippen LogP contribution in [0.4, 0.5) is 4.39 Å². The number of nitrogens with zero attached hydrogens (tertiary/aromatic N) is 1. The number of hydroxylamine groups is 1. The summed E-state index contributed by atoms with van der Waals surface area (Å²) in [5.74, 6) is -1.17. The van der Waals surface area contributed by atoms with Crippen molar-refractivity contribution in [2.75, 3.05) is 12.9 Å². The topological polar surface area (TPSA) is 86.6 Å². The number of carbonyl (C=O) groups is 1. The molecule has 2 aromatic rings. The summed E-state index contributed by atoms with van der Waals surface area (Å²) in [5, 5.41) is 0.807. The zero-order valence-corrected chi connectivity index (χ0v) is 18.7. The molecule has 0 saturated carbocycles. The Labute approximate surface area is 177 Å². The third-order valence-electron chi connectivity index (χ3n) is 5.36. The summed E-state index contributed by atoms with van der Waals surface area (Å²) in [6.45, 7) is 2.12. The smallest absolute Gasteiger partial charge is 0.264 e. The molecule has 1 amide bonds. The Morgan fingerprint density at radius 1 is 1.45 bits per heavy atom. The maximum atomic E-state index is 13.9. The van der Waals surface area contributed by atoms with E-state index in [2.05, 4.69) is 21.4 Å². The molecule has 0 radical (unpaired) electrons. The van der Waals surface area contributed by atoms with E-state index in [0.717, 1.165) is 24.5 Å². The lowest BCUT2D eigenvalue weighted by molar-refractivity contribution is -0.201. The average Bonchev–Trinajstić information content (AvgIpc) is 3.06. The number of aromatic nitrogens is 1. The Bertz CT molecular complexity index is 1000.